The molecule has 0 atom stereocenters. The Balaban J connectivity index is 1.47. The number of thioether (sulfide) groups is 1. The van der Waals surface area contributed by atoms with Crippen molar-refractivity contribution in [3.63, 3.8) is 0 Å². The summed E-state index contributed by atoms with van der Waals surface area (Å²) < 4.78 is 0. The number of hydrogen-bond acceptors (Lipinski definition) is 5. The summed E-state index contributed by atoms with van der Waals surface area (Å²) in [6.45, 7) is 2.10. The molecule has 3 rings (SSSR count). The van der Waals surface area contributed by atoms with Crippen molar-refractivity contribution in [2.45, 2.75) is 18.4 Å². The summed E-state index contributed by atoms with van der Waals surface area (Å²) in [4.78, 5) is 12.0. The lowest BCUT2D eigenvalue weighted by atomic mass is 10.2. The Labute approximate surface area is 161 Å². The van der Waals surface area contributed by atoms with E-state index in [1.165, 1.54) is 28.5 Å². The molecule has 0 spiro atoms. The molecular weight excluding hydrogens is 362 g/mol. The monoisotopic (exact) mass is 381 g/mol. The van der Waals surface area contributed by atoms with Gasteiger partial charge in [-0.1, -0.05) is 71.5 Å². The maximum Gasteiger partial charge on any atom is 0.250 e. The summed E-state index contributed by atoms with van der Waals surface area (Å²) in [5.41, 5.74) is 3.56. The first-order chi connectivity index (χ1) is 12.7. The number of aryl methyl sites for hydroxylation is 1. The molecule has 2 aromatic carbocycles. The van der Waals surface area contributed by atoms with Crippen LogP contribution in [0.25, 0.3) is 6.08 Å². The molecule has 0 unspecified atom stereocenters. The van der Waals surface area contributed by atoms with Gasteiger partial charge in [0.1, 0.15) is 5.01 Å². The standard InChI is InChI=1S/C20H19N3OS2/c1-15-6-5-9-17(12-15)13-25-14-19-22-23-20(26-19)21-18(24)11-10-16-7-3-2-4-8-16/h2-12H,13-14H2,1H3,(H,21,23,24)/b11-10-. The predicted molar refractivity (Wildman–Crippen MR) is 110 cm³/mol. The molecule has 3 aromatic rings. The fourth-order valence-electron chi connectivity index (χ4n) is 2.30. The molecule has 4 nitrogen and oxygen atoms in total. The summed E-state index contributed by atoms with van der Waals surface area (Å²) in [6.07, 6.45) is 3.28. The van der Waals surface area contributed by atoms with Gasteiger partial charge in [0, 0.05) is 17.6 Å². The lowest BCUT2D eigenvalue weighted by Crippen LogP contribution is -2.07. The van der Waals surface area contributed by atoms with Crippen LogP contribution in [-0.2, 0) is 16.3 Å². The molecule has 0 saturated heterocycles. The van der Waals surface area contributed by atoms with Crippen molar-refractivity contribution in [3.8, 4) is 0 Å². The fourth-order valence-corrected chi connectivity index (χ4v) is 4.08. The number of hydrogen-bond donors (Lipinski definition) is 1. The molecule has 0 aliphatic rings. The maximum absolute atomic E-state index is 12.0. The normalized spacial score (nSPS) is 11.0. The van der Waals surface area contributed by atoms with Crippen LogP contribution in [0.1, 0.15) is 21.7 Å². The molecule has 0 aliphatic heterocycles. The fraction of sp³-hybridized carbons (Fsp3) is 0.150. The van der Waals surface area contributed by atoms with E-state index in [2.05, 4.69) is 46.7 Å². The minimum absolute atomic E-state index is 0.205. The molecule has 0 radical (unpaired) electrons. The molecule has 26 heavy (non-hydrogen) atoms. The van der Waals surface area contributed by atoms with Gasteiger partial charge in [-0.05, 0) is 24.1 Å². The topological polar surface area (TPSA) is 54.9 Å². The highest BCUT2D eigenvalue weighted by Gasteiger charge is 2.06. The Kier molecular flexibility index (Phi) is 6.57. The zero-order valence-corrected chi connectivity index (χ0v) is 16.0. The van der Waals surface area contributed by atoms with Gasteiger partial charge in [-0.15, -0.1) is 22.0 Å². The third-order valence-corrected chi connectivity index (χ3v) is 5.54. The molecule has 0 aliphatic carbocycles. The molecule has 6 heteroatoms. The van der Waals surface area contributed by atoms with Crippen molar-refractivity contribution in [3.05, 3.63) is 82.4 Å². The summed E-state index contributed by atoms with van der Waals surface area (Å²) >= 11 is 3.20. The van der Waals surface area contributed by atoms with E-state index in [-0.39, 0.29) is 5.91 Å². The Hall–Kier alpha value is -2.44. The Morgan fingerprint density at radius 3 is 2.77 bits per heavy atom. The number of aromatic nitrogens is 2. The van der Waals surface area contributed by atoms with Gasteiger partial charge < -0.3 is 0 Å². The molecule has 132 valence electrons. The minimum atomic E-state index is -0.205. The van der Waals surface area contributed by atoms with Gasteiger partial charge in [0.15, 0.2) is 0 Å². The molecule has 1 amide bonds. The lowest BCUT2D eigenvalue weighted by molar-refractivity contribution is -0.111. The van der Waals surface area contributed by atoms with Crippen molar-refractivity contribution in [2.75, 3.05) is 5.32 Å². The highest BCUT2D eigenvalue weighted by Crippen LogP contribution is 2.23. The van der Waals surface area contributed by atoms with Gasteiger partial charge in [-0.25, -0.2) is 0 Å². The van der Waals surface area contributed by atoms with Crippen LogP contribution in [0.5, 0.6) is 0 Å². The second-order valence-corrected chi connectivity index (χ2v) is 7.76. The summed E-state index contributed by atoms with van der Waals surface area (Å²) in [7, 11) is 0. The number of carbonyl (C=O) groups is 1. The SMILES string of the molecule is Cc1cccc(CSCc2nnc(NC(=O)/C=C\c3ccccc3)s2)c1. The van der Waals surface area contributed by atoms with E-state index in [1.54, 1.807) is 17.8 Å². The summed E-state index contributed by atoms with van der Waals surface area (Å²) in [5.74, 6) is 1.51. The number of nitrogens with one attached hydrogen (secondary N) is 1. The number of carbonyl (C=O) groups excluding carboxylic acids is 1. The Morgan fingerprint density at radius 1 is 1.12 bits per heavy atom. The van der Waals surface area contributed by atoms with Gasteiger partial charge in [0.05, 0.1) is 0 Å². The van der Waals surface area contributed by atoms with Crippen LogP contribution in [0.4, 0.5) is 5.13 Å². The van der Waals surface area contributed by atoms with E-state index in [0.717, 1.165) is 22.1 Å². The molecule has 1 aromatic heterocycles. The van der Waals surface area contributed by atoms with Crippen LogP contribution < -0.4 is 5.32 Å². The van der Waals surface area contributed by atoms with Gasteiger partial charge in [0.25, 0.3) is 0 Å². The van der Waals surface area contributed by atoms with E-state index >= 15 is 0 Å². The summed E-state index contributed by atoms with van der Waals surface area (Å²) in [6, 6.07) is 18.2. The second-order valence-electron chi connectivity index (χ2n) is 5.72. The van der Waals surface area contributed by atoms with E-state index in [0.29, 0.717) is 5.13 Å². The van der Waals surface area contributed by atoms with Crippen molar-refractivity contribution in [1.82, 2.24) is 10.2 Å². The average molecular weight is 382 g/mol. The first-order valence-electron chi connectivity index (χ1n) is 8.19. The average Bonchev–Trinajstić information content (AvgIpc) is 3.08. The second kappa shape index (κ2) is 9.31. The van der Waals surface area contributed by atoms with Crippen molar-refractivity contribution >= 4 is 40.2 Å². The quantitative estimate of drug-likeness (QED) is 0.590. The van der Waals surface area contributed by atoms with Crippen molar-refractivity contribution < 1.29 is 4.79 Å². The highest BCUT2D eigenvalue weighted by atomic mass is 32.2. The minimum Gasteiger partial charge on any atom is -0.297 e. The van der Waals surface area contributed by atoms with Crippen LogP contribution >= 0.6 is 23.1 Å². The largest absolute Gasteiger partial charge is 0.297 e. The Morgan fingerprint density at radius 2 is 1.96 bits per heavy atom. The first kappa shape index (κ1) is 18.4. The molecule has 0 bridgehead atoms. The summed E-state index contributed by atoms with van der Waals surface area (Å²) in [5, 5.41) is 12.4. The van der Waals surface area contributed by atoms with Gasteiger partial charge in [0.2, 0.25) is 11.0 Å². The first-order valence-corrected chi connectivity index (χ1v) is 10.2. The number of nitrogens with zero attached hydrogens (tertiary/aromatic N) is 2. The molecule has 0 fully saturated rings. The molecular formula is C20H19N3OS2. The highest BCUT2D eigenvalue weighted by molar-refractivity contribution is 7.97. The van der Waals surface area contributed by atoms with Crippen LogP contribution in [0.3, 0.4) is 0 Å². The maximum atomic E-state index is 12.0. The third kappa shape index (κ3) is 5.82. The molecule has 1 N–H and O–H groups in total. The lowest BCUT2D eigenvalue weighted by Gasteiger charge is -2.01. The van der Waals surface area contributed by atoms with Crippen molar-refractivity contribution in [1.29, 1.82) is 0 Å². The zero-order valence-electron chi connectivity index (χ0n) is 14.4. The van der Waals surface area contributed by atoms with E-state index in [1.807, 2.05) is 30.3 Å². The number of benzene rings is 2. The Bertz CT molecular complexity index is 891. The van der Waals surface area contributed by atoms with Crippen molar-refractivity contribution in [2.24, 2.45) is 0 Å². The molecule has 0 saturated carbocycles. The van der Waals surface area contributed by atoms with Gasteiger partial charge >= 0.3 is 0 Å². The van der Waals surface area contributed by atoms with Crippen LogP contribution in [-0.4, -0.2) is 16.1 Å². The third-order valence-electron chi connectivity index (χ3n) is 3.50. The number of anilines is 1. The number of rotatable bonds is 7. The van der Waals surface area contributed by atoms with Gasteiger partial charge in [-0.2, -0.15) is 0 Å². The number of amides is 1. The van der Waals surface area contributed by atoms with Gasteiger partial charge in [-0.3, -0.25) is 10.1 Å². The van der Waals surface area contributed by atoms with E-state index < -0.39 is 0 Å². The zero-order chi connectivity index (χ0) is 18.2. The van der Waals surface area contributed by atoms with Crippen LogP contribution in [0, 0.1) is 6.92 Å². The smallest absolute Gasteiger partial charge is 0.250 e. The van der Waals surface area contributed by atoms with Crippen LogP contribution in [0.2, 0.25) is 0 Å². The van der Waals surface area contributed by atoms with E-state index in [4.69, 9.17) is 0 Å². The predicted octanol–water partition coefficient (Wildman–Crippen LogP) is 4.93. The van der Waals surface area contributed by atoms with E-state index in [9.17, 15) is 4.79 Å². The molecule has 1 heterocycles. The van der Waals surface area contributed by atoms with Crippen LogP contribution in [0.15, 0.2) is 60.7 Å².